The molecule has 0 saturated heterocycles. The van der Waals surface area contributed by atoms with Gasteiger partial charge in [0.15, 0.2) is 5.96 Å². The molecule has 1 aliphatic carbocycles. The molecule has 6 heteroatoms. The Morgan fingerprint density at radius 2 is 1.92 bits per heavy atom. The van der Waals surface area contributed by atoms with Crippen molar-refractivity contribution < 1.29 is 4.79 Å². The first-order valence-corrected chi connectivity index (χ1v) is 9.48. The summed E-state index contributed by atoms with van der Waals surface area (Å²) in [4.78, 5) is 16.3. The van der Waals surface area contributed by atoms with E-state index in [0.717, 1.165) is 11.3 Å². The minimum absolute atomic E-state index is 0. The van der Waals surface area contributed by atoms with Crippen molar-refractivity contribution in [2.75, 3.05) is 5.32 Å². The minimum Gasteiger partial charge on any atom is -0.370 e. The number of hydrogen-bond acceptors (Lipinski definition) is 2. The van der Waals surface area contributed by atoms with Crippen LogP contribution in [0.3, 0.4) is 0 Å². The number of halogens is 1. The summed E-state index contributed by atoms with van der Waals surface area (Å²) in [7, 11) is 0. The van der Waals surface area contributed by atoms with Crippen molar-refractivity contribution in [2.24, 2.45) is 16.6 Å². The number of carbonyl (C=O) groups excluding carboxylic acids is 1. The maximum Gasteiger partial charge on any atom is 0.224 e. The van der Waals surface area contributed by atoms with Crippen LogP contribution in [-0.2, 0) is 11.3 Å². The molecular formula is C20H33IN4O. The molecule has 1 aromatic rings. The van der Waals surface area contributed by atoms with Crippen LogP contribution < -0.4 is 16.4 Å². The van der Waals surface area contributed by atoms with E-state index in [1.807, 2.05) is 38.1 Å². The van der Waals surface area contributed by atoms with Crippen molar-refractivity contribution >= 4 is 41.5 Å². The van der Waals surface area contributed by atoms with Gasteiger partial charge in [0.1, 0.15) is 0 Å². The van der Waals surface area contributed by atoms with E-state index in [9.17, 15) is 4.79 Å². The molecule has 1 saturated carbocycles. The molecule has 5 nitrogen and oxygen atoms in total. The monoisotopic (exact) mass is 472 g/mol. The highest BCUT2D eigenvalue weighted by Gasteiger charge is 2.12. The van der Waals surface area contributed by atoms with Crippen molar-refractivity contribution in [1.82, 2.24) is 5.32 Å². The van der Waals surface area contributed by atoms with E-state index >= 15 is 0 Å². The number of benzene rings is 1. The number of aliphatic imine (C=N–C) groups is 1. The van der Waals surface area contributed by atoms with Crippen LogP contribution in [0.4, 0.5) is 5.69 Å². The van der Waals surface area contributed by atoms with Gasteiger partial charge in [-0.3, -0.25) is 4.79 Å². The molecule has 2 rings (SSSR count). The Kier molecular flexibility index (Phi) is 10.6. The largest absolute Gasteiger partial charge is 0.370 e. The molecule has 0 spiro atoms. The zero-order chi connectivity index (χ0) is 18.1. The molecule has 0 radical (unpaired) electrons. The van der Waals surface area contributed by atoms with Crippen molar-refractivity contribution in [3.8, 4) is 0 Å². The molecule has 146 valence electrons. The summed E-state index contributed by atoms with van der Waals surface area (Å²) < 4.78 is 0. The second kappa shape index (κ2) is 12.1. The van der Waals surface area contributed by atoms with Gasteiger partial charge in [0.25, 0.3) is 0 Å². The first-order valence-electron chi connectivity index (χ1n) is 9.48. The van der Waals surface area contributed by atoms with E-state index < -0.39 is 0 Å². The standard InChI is InChI=1S/C20H32N4O.HI/c1-15(2)12-19(25)23-18-11-7-8-16(13-18)14-22-20(21)24-17-9-5-3-4-6-10-17;/h7-8,11,13,15,17H,3-6,9-10,12,14H2,1-2H3,(H,23,25)(H3,21,22,24);1H. The third kappa shape index (κ3) is 8.87. The summed E-state index contributed by atoms with van der Waals surface area (Å²) >= 11 is 0. The molecular weight excluding hydrogens is 439 g/mol. The van der Waals surface area contributed by atoms with Crippen LogP contribution in [0, 0.1) is 5.92 Å². The molecule has 1 aromatic carbocycles. The number of nitrogens with zero attached hydrogens (tertiary/aromatic N) is 1. The zero-order valence-electron chi connectivity index (χ0n) is 16.0. The number of nitrogens with one attached hydrogen (secondary N) is 2. The number of rotatable bonds is 6. The van der Waals surface area contributed by atoms with Crippen molar-refractivity contribution in [3.63, 3.8) is 0 Å². The lowest BCUT2D eigenvalue weighted by Crippen LogP contribution is -2.39. The van der Waals surface area contributed by atoms with Gasteiger partial charge < -0.3 is 16.4 Å². The summed E-state index contributed by atoms with van der Waals surface area (Å²) in [5.74, 6) is 0.911. The highest BCUT2D eigenvalue weighted by Crippen LogP contribution is 2.17. The molecule has 0 aliphatic heterocycles. The third-order valence-corrected chi connectivity index (χ3v) is 4.44. The zero-order valence-corrected chi connectivity index (χ0v) is 18.3. The Bertz CT molecular complexity index is 581. The molecule has 0 atom stereocenters. The Balaban J connectivity index is 0.00000338. The van der Waals surface area contributed by atoms with E-state index in [2.05, 4.69) is 15.6 Å². The smallest absolute Gasteiger partial charge is 0.224 e. The molecule has 26 heavy (non-hydrogen) atoms. The van der Waals surface area contributed by atoms with Crippen LogP contribution in [0.15, 0.2) is 29.3 Å². The van der Waals surface area contributed by atoms with Crippen LogP contribution in [0.5, 0.6) is 0 Å². The van der Waals surface area contributed by atoms with Gasteiger partial charge in [0, 0.05) is 18.2 Å². The van der Waals surface area contributed by atoms with Crippen molar-refractivity contribution in [2.45, 2.75) is 71.4 Å². The summed E-state index contributed by atoms with van der Waals surface area (Å²) in [5.41, 5.74) is 7.89. The maximum atomic E-state index is 11.9. The van der Waals surface area contributed by atoms with Crippen LogP contribution in [0.2, 0.25) is 0 Å². The predicted octanol–water partition coefficient (Wildman–Crippen LogP) is 4.42. The molecule has 0 unspecified atom stereocenters. The topological polar surface area (TPSA) is 79.5 Å². The molecule has 0 bridgehead atoms. The van der Waals surface area contributed by atoms with Gasteiger partial charge >= 0.3 is 0 Å². The molecule has 0 heterocycles. The lowest BCUT2D eigenvalue weighted by atomic mass is 10.1. The van der Waals surface area contributed by atoms with E-state index in [1.54, 1.807) is 0 Å². The minimum atomic E-state index is 0. The number of hydrogen-bond donors (Lipinski definition) is 3. The lowest BCUT2D eigenvalue weighted by Gasteiger charge is -2.16. The highest BCUT2D eigenvalue weighted by molar-refractivity contribution is 14.0. The lowest BCUT2D eigenvalue weighted by molar-refractivity contribution is -0.116. The third-order valence-electron chi connectivity index (χ3n) is 4.44. The molecule has 1 aliphatic rings. The predicted molar refractivity (Wildman–Crippen MR) is 120 cm³/mol. The van der Waals surface area contributed by atoms with Gasteiger partial charge in [-0.2, -0.15) is 0 Å². The average Bonchev–Trinajstić information content (AvgIpc) is 2.81. The van der Waals surface area contributed by atoms with Crippen LogP contribution >= 0.6 is 24.0 Å². The molecule has 1 fully saturated rings. The number of anilines is 1. The summed E-state index contributed by atoms with van der Waals surface area (Å²) in [6.45, 7) is 4.59. The second-order valence-corrected chi connectivity index (χ2v) is 7.38. The summed E-state index contributed by atoms with van der Waals surface area (Å²) in [5, 5.41) is 6.30. The van der Waals surface area contributed by atoms with E-state index in [-0.39, 0.29) is 29.9 Å². The fourth-order valence-electron chi connectivity index (χ4n) is 3.19. The maximum absolute atomic E-state index is 11.9. The van der Waals surface area contributed by atoms with E-state index in [4.69, 9.17) is 5.73 Å². The average molecular weight is 472 g/mol. The van der Waals surface area contributed by atoms with Crippen LogP contribution in [-0.4, -0.2) is 17.9 Å². The van der Waals surface area contributed by atoms with Gasteiger partial charge in [-0.25, -0.2) is 4.99 Å². The van der Waals surface area contributed by atoms with Crippen molar-refractivity contribution in [1.29, 1.82) is 0 Å². The fraction of sp³-hybridized carbons (Fsp3) is 0.600. The van der Waals surface area contributed by atoms with Crippen molar-refractivity contribution in [3.05, 3.63) is 29.8 Å². The molecule has 4 N–H and O–H groups in total. The van der Waals surface area contributed by atoms with Crippen LogP contribution in [0.25, 0.3) is 0 Å². The number of amides is 1. The normalized spacial score (nSPS) is 15.9. The van der Waals surface area contributed by atoms with Gasteiger partial charge in [0.05, 0.1) is 6.54 Å². The summed E-state index contributed by atoms with van der Waals surface area (Å²) in [6.07, 6.45) is 8.06. The first-order chi connectivity index (χ1) is 12.0. The van der Waals surface area contributed by atoms with Crippen LogP contribution in [0.1, 0.15) is 64.4 Å². The number of carbonyl (C=O) groups is 1. The van der Waals surface area contributed by atoms with E-state index in [0.29, 0.717) is 30.9 Å². The Labute approximate surface area is 174 Å². The summed E-state index contributed by atoms with van der Waals surface area (Å²) in [6, 6.07) is 8.25. The van der Waals surface area contributed by atoms with Gasteiger partial charge in [0.2, 0.25) is 5.91 Å². The Morgan fingerprint density at radius 1 is 1.23 bits per heavy atom. The van der Waals surface area contributed by atoms with Gasteiger partial charge in [-0.1, -0.05) is 51.7 Å². The van der Waals surface area contributed by atoms with E-state index in [1.165, 1.54) is 38.5 Å². The fourth-order valence-corrected chi connectivity index (χ4v) is 3.19. The second-order valence-electron chi connectivity index (χ2n) is 7.38. The SMILES string of the molecule is CC(C)CC(=O)Nc1cccc(CN=C(N)NC2CCCCCC2)c1.I. The quantitative estimate of drug-likeness (QED) is 0.248. The Hall–Kier alpha value is -1.31. The first kappa shape index (κ1) is 22.7. The van der Waals surface area contributed by atoms with Gasteiger partial charge in [-0.05, 0) is 36.5 Å². The molecule has 1 amide bonds. The number of nitrogens with two attached hydrogens (primary N) is 1. The highest BCUT2D eigenvalue weighted by atomic mass is 127. The Morgan fingerprint density at radius 3 is 2.58 bits per heavy atom. The van der Waals surface area contributed by atoms with Gasteiger partial charge in [-0.15, -0.1) is 24.0 Å². The molecule has 0 aromatic heterocycles. The number of guanidine groups is 1.